The first-order valence-corrected chi connectivity index (χ1v) is 19.0. The highest BCUT2D eigenvalue weighted by atomic mass is 16.5. The fourth-order valence-electron chi connectivity index (χ4n) is 12.4. The molecule has 5 aliphatic rings. The number of hydrogen-bond donors (Lipinski definition) is 2. The summed E-state index contributed by atoms with van der Waals surface area (Å²) < 4.78 is 6.24. The van der Waals surface area contributed by atoms with E-state index in [0.29, 0.717) is 18.4 Å². The van der Waals surface area contributed by atoms with Gasteiger partial charge in [-0.05, 0) is 130 Å². The molecule has 0 radical (unpaired) electrons. The van der Waals surface area contributed by atoms with Crippen LogP contribution >= 0.6 is 0 Å². The quantitative estimate of drug-likeness (QED) is 0.223. The van der Waals surface area contributed by atoms with Gasteiger partial charge in [-0.1, -0.05) is 72.2 Å². The van der Waals surface area contributed by atoms with Crippen molar-refractivity contribution in [3.63, 3.8) is 0 Å². The average Bonchev–Trinajstić information content (AvgIpc) is 3.02. The first-order valence-electron chi connectivity index (χ1n) is 19.0. The number of carbonyl (C=O) groups excluding carboxylic acids is 2. The van der Waals surface area contributed by atoms with Gasteiger partial charge in [-0.3, -0.25) is 4.79 Å². The fourth-order valence-corrected chi connectivity index (χ4v) is 12.4. The molecular weight excluding hydrogens is 612 g/mol. The molecule has 0 bridgehead atoms. The van der Waals surface area contributed by atoms with Crippen LogP contribution in [0.4, 0.5) is 0 Å². The van der Waals surface area contributed by atoms with Crippen LogP contribution in [0, 0.1) is 50.2 Å². The third-order valence-corrected chi connectivity index (χ3v) is 15.5. The Morgan fingerprint density at radius 3 is 2.22 bits per heavy atom. The lowest BCUT2D eigenvalue weighted by molar-refractivity contribution is -0.204. The van der Waals surface area contributed by atoms with Gasteiger partial charge < -0.3 is 20.1 Å². The Bertz CT molecular complexity index is 1530. The van der Waals surface area contributed by atoms with Crippen LogP contribution in [-0.2, 0) is 9.53 Å². The predicted molar refractivity (Wildman–Crippen MR) is 193 cm³/mol. The molecule has 0 aliphatic heterocycles. The van der Waals surface area contributed by atoms with Crippen molar-refractivity contribution in [3.8, 4) is 0 Å². The number of benzene rings is 1. The second kappa shape index (κ2) is 12.2. The molecule has 4 fully saturated rings. The standard InChI is InChI=1S/C42H62N2O5/c1-37(2)20-22-42(36(48)43-24-25-44(8)9)23-21-40(6)29(30(42)26-37)14-15-32-39(5)18-17-33(38(3,4)31(39)16-19-41(32,40)7)49-35(47)28-13-11-10-12-27(28)34(45)46/h10-14,30-33H,15-26H2,1-9H3,(H,43,48)(H,45,46)/t30-,31-,32+,33-,39-,40+,41+,42-/m0/s1. The van der Waals surface area contributed by atoms with E-state index in [4.69, 9.17) is 4.74 Å². The van der Waals surface area contributed by atoms with E-state index >= 15 is 0 Å². The van der Waals surface area contributed by atoms with Gasteiger partial charge in [0, 0.05) is 18.5 Å². The van der Waals surface area contributed by atoms with Gasteiger partial charge in [-0.15, -0.1) is 0 Å². The Morgan fingerprint density at radius 1 is 0.878 bits per heavy atom. The maximum Gasteiger partial charge on any atom is 0.339 e. The number of amides is 1. The van der Waals surface area contributed by atoms with Gasteiger partial charge in [0.25, 0.3) is 0 Å². The number of allylic oxidation sites excluding steroid dienone is 2. The zero-order valence-corrected chi connectivity index (χ0v) is 31.7. The van der Waals surface area contributed by atoms with Gasteiger partial charge >= 0.3 is 11.9 Å². The number of nitrogens with one attached hydrogen (secondary N) is 1. The van der Waals surface area contributed by atoms with Gasteiger partial charge in [-0.2, -0.15) is 0 Å². The number of fused-ring (bicyclic) bond motifs is 7. The highest BCUT2D eigenvalue weighted by molar-refractivity contribution is 6.02. The second-order valence-corrected chi connectivity index (χ2v) is 19.0. The molecule has 0 unspecified atom stereocenters. The minimum Gasteiger partial charge on any atom is -0.478 e. The number of carboxylic acids is 1. The molecule has 49 heavy (non-hydrogen) atoms. The van der Waals surface area contributed by atoms with E-state index in [1.807, 2.05) is 0 Å². The maximum absolute atomic E-state index is 14.2. The number of aromatic carboxylic acids is 1. The van der Waals surface area contributed by atoms with Crippen molar-refractivity contribution in [2.45, 2.75) is 119 Å². The molecule has 270 valence electrons. The molecule has 7 nitrogen and oxygen atoms in total. The van der Waals surface area contributed by atoms with Crippen molar-refractivity contribution in [2.24, 2.45) is 50.2 Å². The van der Waals surface area contributed by atoms with Crippen molar-refractivity contribution in [3.05, 3.63) is 47.0 Å². The minimum atomic E-state index is -1.12. The molecule has 0 aromatic heterocycles. The lowest BCUT2D eigenvalue weighted by Crippen LogP contribution is -2.65. The largest absolute Gasteiger partial charge is 0.478 e. The summed E-state index contributed by atoms with van der Waals surface area (Å²) in [6.45, 7) is 18.6. The fraction of sp³-hybridized carbons (Fsp3) is 0.738. The molecule has 0 spiro atoms. The number of likely N-dealkylation sites (N-methyl/N-ethyl adjacent to an activating group) is 1. The normalized spacial score (nSPS) is 38.9. The van der Waals surface area contributed by atoms with Gasteiger partial charge in [-0.25, -0.2) is 9.59 Å². The summed E-state index contributed by atoms with van der Waals surface area (Å²) in [5.74, 6) is -0.232. The van der Waals surface area contributed by atoms with Crippen LogP contribution < -0.4 is 5.32 Å². The number of ether oxygens (including phenoxy) is 1. The van der Waals surface area contributed by atoms with Crippen LogP contribution in [0.25, 0.3) is 0 Å². The highest BCUT2D eigenvalue weighted by Gasteiger charge is 2.69. The molecule has 2 N–H and O–H groups in total. The molecule has 1 aromatic carbocycles. The summed E-state index contributed by atoms with van der Waals surface area (Å²) in [5.41, 5.74) is 1.54. The molecule has 4 saturated carbocycles. The van der Waals surface area contributed by atoms with Crippen LogP contribution in [0.5, 0.6) is 0 Å². The maximum atomic E-state index is 14.2. The van der Waals surface area contributed by atoms with Crippen LogP contribution in [0.1, 0.15) is 133 Å². The highest BCUT2D eigenvalue weighted by Crippen LogP contribution is 2.75. The predicted octanol–water partition coefficient (Wildman–Crippen LogP) is 8.39. The van der Waals surface area contributed by atoms with Crippen LogP contribution in [-0.4, -0.2) is 61.1 Å². The molecule has 1 amide bonds. The average molecular weight is 675 g/mol. The molecule has 1 aromatic rings. The first kappa shape index (κ1) is 36.1. The van der Waals surface area contributed by atoms with Crippen LogP contribution in [0.15, 0.2) is 35.9 Å². The minimum absolute atomic E-state index is 0.0127. The van der Waals surface area contributed by atoms with Crippen molar-refractivity contribution < 1.29 is 24.2 Å². The van der Waals surface area contributed by atoms with E-state index in [0.717, 1.165) is 70.8 Å². The molecule has 6 rings (SSSR count). The molecule has 0 heterocycles. The Balaban J connectivity index is 1.29. The van der Waals surface area contributed by atoms with Gasteiger partial charge in [0.2, 0.25) is 5.91 Å². The van der Waals surface area contributed by atoms with Crippen molar-refractivity contribution >= 4 is 17.8 Å². The van der Waals surface area contributed by atoms with Gasteiger partial charge in [0.1, 0.15) is 6.10 Å². The Morgan fingerprint density at radius 2 is 1.55 bits per heavy atom. The molecular formula is C42H62N2O5. The van der Waals surface area contributed by atoms with Gasteiger partial charge in [0.15, 0.2) is 0 Å². The zero-order chi connectivity index (χ0) is 35.8. The Hall–Kier alpha value is -2.67. The Kier molecular flexibility index (Phi) is 9.02. The summed E-state index contributed by atoms with van der Waals surface area (Å²) >= 11 is 0. The summed E-state index contributed by atoms with van der Waals surface area (Å²) in [5, 5.41) is 13.1. The van der Waals surface area contributed by atoms with Gasteiger partial charge in [0.05, 0.1) is 16.5 Å². The summed E-state index contributed by atoms with van der Waals surface area (Å²) in [4.78, 5) is 41.7. The van der Waals surface area contributed by atoms with Crippen molar-refractivity contribution in [2.75, 3.05) is 27.2 Å². The summed E-state index contributed by atoms with van der Waals surface area (Å²) in [7, 11) is 4.12. The van der Waals surface area contributed by atoms with E-state index in [-0.39, 0.29) is 61.5 Å². The van der Waals surface area contributed by atoms with Crippen LogP contribution in [0.2, 0.25) is 0 Å². The third-order valence-electron chi connectivity index (χ3n) is 15.5. The lowest BCUT2D eigenvalue weighted by Gasteiger charge is -2.71. The number of carbonyl (C=O) groups is 3. The lowest BCUT2D eigenvalue weighted by atomic mass is 9.33. The number of nitrogens with zero attached hydrogens (tertiary/aromatic N) is 1. The number of esters is 1. The monoisotopic (exact) mass is 674 g/mol. The molecule has 0 saturated heterocycles. The first-order chi connectivity index (χ1) is 22.8. The number of rotatable bonds is 7. The van der Waals surface area contributed by atoms with E-state index in [2.05, 4.69) is 78.9 Å². The number of carboxylic acid groups (broad SMARTS) is 1. The van der Waals surface area contributed by atoms with Crippen LogP contribution in [0.3, 0.4) is 0 Å². The Labute approximate surface area is 295 Å². The van der Waals surface area contributed by atoms with E-state index in [9.17, 15) is 19.5 Å². The molecule has 7 heteroatoms. The summed E-state index contributed by atoms with van der Waals surface area (Å²) in [6, 6.07) is 6.37. The van der Waals surface area contributed by atoms with E-state index in [1.54, 1.807) is 23.8 Å². The SMILES string of the molecule is CN(C)CCNC(=O)[C@]12CCC(C)(C)C[C@H]1C1=CC[C@@H]3[C@@]4(C)CC[C@H](OC(=O)c5ccccc5C(=O)O)C(C)(C)[C@@H]4CC[C@@]3(C)[C@]1(C)CC2. The second-order valence-electron chi connectivity index (χ2n) is 19.0. The van der Waals surface area contributed by atoms with E-state index < -0.39 is 11.9 Å². The molecule has 8 atom stereocenters. The number of hydrogen-bond acceptors (Lipinski definition) is 5. The van der Waals surface area contributed by atoms with E-state index in [1.165, 1.54) is 6.07 Å². The smallest absolute Gasteiger partial charge is 0.339 e. The van der Waals surface area contributed by atoms with Crippen molar-refractivity contribution in [1.29, 1.82) is 0 Å². The zero-order valence-electron chi connectivity index (χ0n) is 31.7. The topological polar surface area (TPSA) is 95.9 Å². The third kappa shape index (κ3) is 5.60. The van der Waals surface area contributed by atoms with Crippen molar-refractivity contribution in [1.82, 2.24) is 10.2 Å². The summed E-state index contributed by atoms with van der Waals surface area (Å²) in [6.07, 6.45) is 12.5. The molecule has 5 aliphatic carbocycles.